The van der Waals surface area contributed by atoms with Crippen molar-refractivity contribution in [3.63, 3.8) is 0 Å². The summed E-state index contributed by atoms with van der Waals surface area (Å²) in [6.07, 6.45) is 4.73. The number of piperidine rings is 1. The summed E-state index contributed by atoms with van der Waals surface area (Å²) in [5.74, 6) is 0.174. The predicted molar refractivity (Wildman–Crippen MR) is 88.6 cm³/mol. The van der Waals surface area contributed by atoms with Crippen LogP contribution in [0.5, 0.6) is 0 Å². The van der Waals surface area contributed by atoms with Crippen LogP contribution in [0.3, 0.4) is 0 Å². The molecule has 3 nitrogen and oxygen atoms in total. The van der Waals surface area contributed by atoms with E-state index < -0.39 is 0 Å². The van der Waals surface area contributed by atoms with Crippen molar-refractivity contribution in [3.8, 4) is 0 Å². The van der Waals surface area contributed by atoms with Gasteiger partial charge in [-0.1, -0.05) is 15.9 Å². The Morgan fingerprint density at radius 2 is 1.95 bits per heavy atom. The zero-order valence-corrected chi connectivity index (χ0v) is 14.3. The van der Waals surface area contributed by atoms with Crippen molar-refractivity contribution in [1.82, 2.24) is 10.2 Å². The smallest absolute Gasteiger partial charge is 0.254 e. The molecule has 2 heterocycles. The lowest BCUT2D eigenvalue weighted by Gasteiger charge is -2.37. The van der Waals surface area contributed by atoms with Crippen molar-refractivity contribution >= 4 is 21.8 Å². The van der Waals surface area contributed by atoms with Gasteiger partial charge in [-0.3, -0.25) is 4.79 Å². The zero-order valence-electron chi connectivity index (χ0n) is 12.7. The molecule has 1 amide bonds. The fraction of sp³-hybridized carbons (Fsp3) is 0.588. The summed E-state index contributed by atoms with van der Waals surface area (Å²) in [6.45, 7) is 4.91. The average Bonchev–Trinajstić information content (AvgIpc) is 2.77. The molecule has 1 N–H and O–H groups in total. The number of carbonyl (C=O) groups is 1. The highest BCUT2D eigenvalue weighted by atomic mass is 79.9. The first-order valence-corrected chi connectivity index (χ1v) is 8.70. The molecule has 3 rings (SSSR count). The van der Waals surface area contributed by atoms with Gasteiger partial charge in [-0.2, -0.15) is 0 Å². The lowest BCUT2D eigenvalue weighted by molar-refractivity contribution is 0.0631. The first kappa shape index (κ1) is 15.0. The third-order valence-corrected chi connectivity index (χ3v) is 5.24. The number of hydrogen-bond acceptors (Lipinski definition) is 2. The molecule has 0 saturated carbocycles. The molecule has 1 aromatic rings. The largest absolute Gasteiger partial charge is 0.336 e. The van der Waals surface area contributed by atoms with Crippen LogP contribution in [0, 0.1) is 6.92 Å². The molecule has 2 aliphatic heterocycles. The van der Waals surface area contributed by atoms with E-state index in [9.17, 15) is 4.79 Å². The van der Waals surface area contributed by atoms with Crippen LogP contribution in [-0.4, -0.2) is 35.5 Å². The molecule has 0 aliphatic carbocycles. The minimum Gasteiger partial charge on any atom is -0.336 e. The number of halogens is 1. The van der Waals surface area contributed by atoms with Crippen molar-refractivity contribution in [2.24, 2.45) is 0 Å². The molecule has 2 saturated heterocycles. The number of aryl methyl sites for hydroxylation is 1. The van der Waals surface area contributed by atoms with Gasteiger partial charge in [0.05, 0.1) is 0 Å². The standard InChI is InChI=1S/C17H23BrN2O/c1-3-20(16-9-14-4-5-15(10-16)19-14)17(21)12-6-11(2)7-13(18)8-12/h6-8,14-16,19H,3-5,9-10H2,1-2H3. The summed E-state index contributed by atoms with van der Waals surface area (Å²) >= 11 is 3.50. The maximum atomic E-state index is 12.9. The lowest BCUT2D eigenvalue weighted by atomic mass is 9.97. The monoisotopic (exact) mass is 350 g/mol. The molecule has 21 heavy (non-hydrogen) atoms. The van der Waals surface area contributed by atoms with Crippen LogP contribution in [0.4, 0.5) is 0 Å². The van der Waals surface area contributed by atoms with Gasteiger partial charge >= 0.3 is 0 Å². The maximum absolute atomic E-state index is 12.9. The van der Waals surface area contributed by atoms with Gasteiger partial charge in [0.2, 0.25) is 0 Å². The summed E-state index contributed by atoms with van der Waals surface area (Å²) < 4.78 is 0.979. The average molecular weight is 351 g/mol. The van der Waals surface area contributed by atoms with E-state index >= 15 is 0 Å². The molecule has 2 bridgehead atoms. The minimum absolute atomic E-state index is 0.174. The van der Waals surface area contributed by atoms with Crippen molar-refractivity contribution in [2.45, 2.75) is 57.7 Å². The fourth-order valence-corrected chi connectivity index (χ4v) is 4.48. The second-order valence-electron chi connectivity index (χ2n) is 6.37. The van der Waals surface area contributed by atoms with E-state index in [0.717, 1.165) is 35.0 Å². The van der Waals surface area contributed by atoms with E-state index in [0.29, 0.717) is 18.1 Å². The molecule has 4 heteroatoms. The summed E-state index contributed by atoms with van der Waals surface area (Å²) in [5, 5.41) is 3.65. The lowest BCUT2D eigenvalue weighted by Crippen LogP contribution is -2.50. The molecule has 0 spiro atoms. The van der Waals surface area contributed by atoms with E-state index in [-0.39, 0.29) is 5.91 Å². The quantitative estimate of drug-likeness (QED) is 0.904. The van der Waals surface area contributed by atoms with Crippen molar-refractivity contribution in [3.05, 3.63) is 33.8 Å². The molecular formula is C17H23BrN2O. The Kier molecular flexibility index (Phi) is 4.36. The number of fused-ring (bicyclic) bond motifs is 2. The number of hydrogen-bond donors (Lipinski definition) is 1. The summed E-state index contributed by atoms with van der Waals surface area (Å²) in [5.41, 5.74) is 1.92. The van der Waals surface area contributed by atoms with Crippen molar-refractivity contribution in [1.29, 1.82) is 0 Å². The second-order valence-corrected chi connectivity index (χ2v) is 7.29. The first-order chi connectivity index (χ1) is 10.1. The summed E-state index contributed by atoms with van der Waals surface area (Å²) in [6, 6.07) is 7.58. The van der Waals surface area contributed by atoms with Gasteiger partial charge in [-0.05, 0) is 63.3 Å². The maximum Gasteiger partial charge on any atom is 0.254 e. The Labute approximate surface area is 135 Å². The van der Waals surface area contributed by atoms with Crippen LogP contribution >= 0.6 is 15.9 Å². The molecule has 0 radical (unpaired) electrons. The summed E-state index contributed by atoms with van der Waals surface area (Å²) in [7, 11) is 0. The Balaban J connectivity index is 1.80. The molecule has 2 fully saturated rings. The first-order valence-electron chi connectivity index (χ1n) is 7.91. The Hall–Kier alpha value is -0.870. The van der Waals surface area contributed by atoms with E-state index in [1.807, 2.05) is 25.1 Å². The highest BCUT2D eigenvalue weighted by Crippen LogP contribution is 2.30. The van der Waals surface area contributed by atoms with Crippen LogP contribution in [-0.2, 0) is 0 Å². The van der Waals surface area contributed by atoms with Crippen LogP contribution < -0.4 is 5.32 Å². The molecular weight excluding hydrogens is 328 g/mol. The van der Waals surface area contributed by atoms with Gasteiger partial charge in [0, 0.05) is 34.7 Å². The van der Waals surface area contributed by atoms with Gasteiger partial charge < -0.3 is 10.2 Å². The molecule has 2 atom stereocenters. The molecule has 114 valence electrons. The van der Waals surface area contributed by atoms with Crippen LogP contribution in [0.2, 0.25) is 0 Å². The van der Waals surface area contributed by atoms with Crippen molar-refractivity contribution in [2.75, 3.05) is 6.54 Å². The highest BCUT2D eigenvalue weighted by Gasteiger charge is 2.37. The third kappa shape index (κ3) is 3.16. The highest BCUT2D eigenvalue weighted by molar-refractivity contribution is 9.10. The van der Waals surface area contributed by atoms with E-state index in [2.05, 4.69) is 33.1 Å². The van der Waals surface area contributed by atoms with E-state index in [1.165, 1.54) is 12.8 Å². The predicted octanol–water partition coefficient (Wildman–Crippen LogP) is 3.50. The van der Waals surface area contributed by atoms with Gasteiger partial charge in [-0.15, -0.1) is 0 Å². The topological polar surface area (TPSA) is 32.3 Å². The van der Waals surface area contributed by atoms with Crippen LogP contribution in [0.25, 0.3) is 0 Å². The van der Waals surface area contributed by atoms with E-state index in [1.54, 1.807) is 0 Å². The fourth-order valence-electron chi connectivity index (χ4n) is 3.87. The van der Waals surface area contributed by atoms with E-state index in [4.69, 9.17) is 0 Å². The zero-order chi connectivity index (χ0) is 15.0. The number of carbonyl (C=O) groups excluding carboxylic acids is 1. The number of nitrogens with one attached hydrogen (secondary N) is 1. The SMILES string of the molecule is CCN(C(=O)c1cc(C)cc(Br)c1)C1CC2CCC(C1)N2. The van der Waals surface area contributed by atoms with Gasteiger partial charge in [0.25, 0.3) is 5.91 Å². The second kappa shape index (κ2) is 6.09. The molecule has 2 unspecified atom stereocenters. The molecule has 0 aromatic heterocycles. The van der Waals surface area contributed by atoms with Gasteiger partial charge in [-0.25, -0.2) is 0 Å². The van der Waals surface area contributed by atoms with Crippen molar-refractivity contribution < 1.29 is 4.79 Å². The Morgan fingerprint density at radius 1 is 1.29 bits per heavy atom. The Morgan fingerprint density at radius 3 is 2.52 bits per heavy atom. The molecule has 2 aliphatic rings. The van der Waals surface area contributed by atoms with Crippen LogP contribution in [0.1, 0.15) is 48.5 Å². The van der Waals surface area contributed by atoms with Gasteiger partial charge in [0.15, 0.2) is 0 Å². The third-order valence-electron chi connectivity index (χ3n) is 4.78. The number of amides is 1. The molecule has 1 aromatic carbocycles. The number of nitrogens with zero attached hydrogens (tertiary/aromatic N) is 1. The van der Waals surface area contributed by atoms with Gasteiger partial charge in [0.1, 0.15) is 0 Å². The Bertz CT molecular complexity index is 513. The summed E-state index contributed by atoms with van der Waals surface area (Å²) in [4.78, 5) is 15.0. The number of benzene rings is 1. The minimum atomic E-state index is 0.174. The number of rotatable bonds is 3. The normalized spacial score (nSPS) is 27.7. The van der Waals surface area contributed by atoms with Crippen LogP contribution in [0.15, 0.2) is 22.7 Å².